The summed E-state index contributed by atoms with van der Waals surface area (Å²) in [6, 6.07) is 31.4. The third-order valence-corrected chi connectivity index (χ3v) is 10.1. The summed E-state index contributed by atoms with van der Waals surface area (Å²) in [4.78, 5) is 15.0. The number of amides is 1. The van der Waals surface area contributed by atoms with Gasteiger partial charge in [0.15, 0.2) is 0 Å². The Kier molecular flexibility index (Phi) is 14.7. The maximum absolute atomic E-state index is 13.3. The van der Waals surface area contributed by atoms with Gasteiger partial charge in [0.1, 0.15) is 40.5 Å². The topological polar surface area (TPSA) is 125 Å². The number of benzene rings is 4. The van der Waals surface area contributed by atoms with Crippen molar-refractivity contribution in [2.24, 2.45) is 0 Å². The molecule has 2 aliphatic rings. The summed E-state index contributed by atoms with van der Waals surface area (Å²) >= 11 is 0. The molecule has 56 heavy (non-hydrogen) atoms. The molecule has 0 bridgehead atoms. The van der Waals surface area contributed by atoms with Crippen LogP contribution in [-0.4, -0.2) is 77.4 Å². The van der Waals surface area contributed by atoms with Crippen molar-refractivity contribution in [1.82, 2.24) is 10.2 Å². The van der Waals surface area contributed by atoms with Gasteiger partial charge in [-0.15, -0.1) is 12.4 Å². The van der Waals surface area contributed by atoms with E-state index in [1.807, 2.05) is 135 Å². The van der Waals surface area contributed by atoms with E-state index in [1.165, 1.54) is 5.56 Å². The molecule has 0 fully saturated rings. The summed E-state index contributed by atoms with van der Waals surface area (Å²) in [5.41, 5.74) is 3.92. The van der Waals surface area contributed by atoms with E-state index in [4.69, 9.17) is 14.2 Å². The van der Waals surface area contributed by atoms with Crippen molar-refractivity contribution in [2.75, 3.05) is 37.8 Å². The van der Waals surface area contributed by atoms with Crippen LogP contribution in [0.5, 0.6) is 11.5 Å². The number of hydrogen-bond acceptors (Lipinski definition) is 9. The molecule has 0 aliphatic carbocycles. The van der Waals surface area contributed by atoms with Crippen molar-refractivity contribution in [2.45, 2.75) is 102 Å². The second-order valence-corrected chi connectivity index (χ2v) is 16.3. The van der Waals surface area contributed by atoms with Gasteiger partial charge in [0.25, 0.3) is 0 Å². The van der Waals surface area contributed by atoms with Crippen molar-refractivity contribution in [3.8, 4) is 11.5 Å². The fraction of sp³-hybridized carbons (Fsp3) is 0.444. The van der Waals surface area contributed by atoms with Crippen LogP contribution < -0.4 is 25.4 Å². The third kappa shape index (κ3) is 10.9. The highest BCUT2D eigenvalue weighted by Gasteiger charge is 2.47. The number of halogens is 1. The Labute approximate surface area is 339 Å². The molecule has 4 aromatic carbocycles. The number of aliphatic hydroxyl groups excluding tert-OH is 2. The molecule has 1 amide bonds. The maximum Gasteiger partial charge on any atom is 0.410 e. The van der Waals surface area contributed by atoms with Crippen LogP contribution in [0.2, 0.25) is 0 Å². The molecule has 0 aromatic heterocycles. The molecule has 4 aromatic rings. The predicted octanol–water partition coefficient (Wildman–Crippen LogP) is 8.34. The minimum Gasteiger partial charge on any atom is -0.485 e. The fourth-order valence-electron chi connectivity index (χ4n) is 7.00. The molecule has 4 atom stereocenters. The van der Waals surface area contributed by atoms with Crippen molar-refractivity contribution in [1.29, 1.82) is 0 Å². The van der Waals surface area contributed by atoms with Crippen LogP contribution in [0.15, 0.2) is 97.1 Å². The average molecular weight is 789 g/mol. The Morgan fingerprint density at radius 1 is 0.732 bits per heavy atom. The van der Waals surface area contributed by atoms with Crippen LogP contribution in [0.25, 0.3) is 0 Å². The van der Waals surface area contributed by atoms with Crippen LogP contribution in [0.4, 0.5) is 16.2 Å². The van der Waals surface area contributed by atoms with Gasteiger partial charge in [0.05, 0.1) is 12.1 Å². The summed E-state index contributed by atoms with van der Waals surface area (Å²) in [6.07, 6.45) is -0.414. The lowest BCUT2D eigenvalue weighted by molar-refractivity contribution is -0.0937. The first-order chi connectivity index (χ1) is 26.0. The normalized spacial score (nSPS) is 20.2. The zero-order chi connectivity index (χ0) is 40.0. The largest absolute Gasteiger partial charge is 0.485 e. The van der Waals surface area contributed by atoms with Crippen LogP contribution in [0.1, 0.15) is 82.8 Å². The fourth-order valence-corrected chi connectivity index (χ4v) is 7.00. The molecule has 0 saturated carbocycles. The number of carbonyl (C=O) groups is 1. The van der Waals surface area contributed by atoms with Crippen molar-refractivity contribution < 1.29 is 29.2 Å². The van der Waals surface area contributed by atoms with Gasteiger partial charge in [-0.3, -0.25) is 4.90 Å². The number of aliphatic hydroxyl groups is 2. The number of carbonyl (C=O) groups excluding carboxylic acids is 1. The Morgan fingerprint density at radius 3 is 1.73 bits per heavy atom. The summed E-state index contributed by atoms with van der Waals surface area (Å²) < 4.78 is 17.9. The molecule has 11 heteroatoms. The molecule has 2 aliphatic heterocycles. The minimum atomic E-state index is -0.927. The zero-order valence-electron chi connectivity index (χ0n) is 34.3. The lowest BCUT2D eigenvalue weighted by Gasteiger charge is -2.46. The molecule has 0 unspecified atom stereocenters. The molecular formula is C45H61ClN4O6. The van der Waals surface area contributed by atoms with Gasteiger partial charge in [-0.25, -0.2) is 4.79 Å². The summed E-state index contributed by atoms with van der Waals surface area (Å²) in [7, 11) is 3.73. The Hall–Kier alpha value is -4.48. The molecule has 0 radical (unpaired) electrons. The van der Waals surface area contributed by atoms with E-state index in [2.05, 4.69) is 40.2 Å². The Bertz CT molecular complexity index is 1870. The van der Waals surface area contributed by atoms with E-state index < -0.39 is 41.1 Å². The molecule has 0 saturated heterocycles. The summed E-state index contributed by atoms with van der Waals surface area (Å²) in [5, 5.41) is 31.8. The monoisotopic (exact) mass is 788 g/mol. The lowest BCUT2D eigenvalue weighted by atomic mass is 9.85. The maximum atomic E-state index is 13.3. The quantitative estimate of drug-likeness (QED) is 0.108. The smallest absolute Gasteiger partial charge is 0.410 e. The minimum absolute atomic E-state index is 0. The molecule has 6 rings (SSSR count). The molecule has 2 heterocycles. The molecule has 0 spiro atoms. The first-order valence-electron chi connectivity index (χ1n) is 19.2. The second kappa shape index (κ2) is 18.6. The molecule has 304 valence electrons. The van der Waals surface area contributed by atoms with Gasteiger partial charge >= 0.3 is 6.09 Å². The van der Waals surface area contributed by atoms with Gasteiger partial charge in [0.2, 0.25) is 0 Å². The number of ether oxygens (including phenoxy) is 3. The van der Waals surface area contributed by atoms with Crippen molar-refractivity contribution in [3.05, 3.63) is 119 Å². The first kappa shape index (κ1) is 44.2. The highest BCUT2D eigenvalue weighted by atomic mass is 35.5. The van der Waals surface area contributed by atoms with E-state index in [0.717, 1.165) is 46.8 Å². The van der Waals surface area contributed by atoms with E-state index in [1.54, 1.807) is 4.90 Å². The third-order valence-electron chi connectivity index (χ3n) is 10.1. The first-order valence-corrected chi connectivity index (χ1v) is 19.2. The lowest BCUT2D eigenvalue weighted by Crippen LogP contribution is -2.55. The van der Waals surface area contributed by atoms with Gasteiger partial charge in [-0.1, -0.05) is 72.8 Å². The van der Waals surface area contributed by atoms with E-state index in [0.29, 0.717) is 18.7 Å². The van der Waals surface area contributed by atoms with Gasteiger partial charge in [-0.2, -0.15) is 0 Å². The van der Waals surface area contributed by atoms with Gasteiger partial charge < -0.3 is 40.4 Å². The SMILES string of the molecule is CNc1ccc2c(c1)OC(C)(C)[C@H](O)[C@H]2N(CCc1ccccc1)C(=O)OC(C)(C)C.CNc1ccc2c(c1)OC(C)(C)[C@H](O)[C@H]2NCCc1ccccc1.Cl. The van der Waals surface area contributed by atoms with E-state index in [-0.39, 0.29) is 18.4 Å². The molecule has 5 N–H and O–H groups in total. The Balaban J connectivity index is 0.000000252. The van der Waals surface area contributed by atoms with Crippen LogP contribution in [0.3, 0.4) is 0 Å². The van der Waals surface area contributed by atoms with Crippen molar-refractivity contribution >= 4 is 29.9 Å². The Morgan fingerprint density at radius 2 is 1.21 bits per heavy atom. The van der Waals surface area contributed by atoms with Gasteiger partial charge in [0, 0.05) is 55.3 Å². The highest BCUT2D eigenvalue weighted by Crippen LogP contribution is 2.45. The number of anilines is 2. The summed E-state index contributed by atoms with van der Waals surface area (Å²) in [5.74, 6) is 1.48. The highest BCUT2D eigenvalue weighted by molar-refractivity contribution is 5.85. The number of nitrogens with zero attached hydrogens (tertiary/aromatic N) is 1. The van der Waals surface area contributed by atoms with E-state index in [9.17, 15) is 15.0 Å². The van der Waals surface area contributed by atoms with E-state index >= 15 is 0 Å². The number of hydrogen-bond donors (Lipinski definition) is 5. The second-order valence-electron chi connectivity index (χ2n) is 16.3. The van der Waals surface area contributed by atoms with Crippen molar-refractivity contribution in [3.63, 3.8) is 0 Å². The standard InChI is InChI=1S/C25H34N2O4.C20H26N2O2.ClH/c1-24(2,3)31-23(29)27(15-14-17-10-8-7-9-11-17)21-19-13-12-18(26-6)16-20(19)30-25(4,5)22(21)28;1-20(2)19(23)18(22-12-11-14-7-5-4-6-8-14)16-10-9-15(21-3)13-17(16)24-20;/h7-13,16,21-22,26,28H,14-15H2,1-6H3;4-10,13,18-19,21-23H,11-12H2,1-3H3;1H/t21-,22+;18-,19+;/m00./s1. The number of rotatable bonds is 10. The summed E-state index contributed by atoms with van der Waals surface area (Å²) in [6.45, 7) is 14.3. The predicted molar refractivity (Wildman–Crippen MR) is 227 cm³/mol. The van der Waals surface area contributed by atoms with Crippen LogP contribution in [-0.2, 0) is 17.6 Å². The van der Waals surface area contributed by atoms with Crippen LogP contribution >= 0.6 is 12.4 Å². The number of nitrogens with one attached hydrogen (secondary N) is 3. The van der Waals surface area contributed by atoms with Crippen LogP contribution in [0, 0.1) is 0 Å². The number of fused-ring (bicyclic) bond motifs is 2. The molecule has 10 nitrogen and oxygen atoms in total. The van der Waals surface area contributed by atoms with Gasteiger partial charge in [-0.05, 0) is 91.1 Å². The average Bonchev–Trinajstić information content (AvgIpc) is 3.14. The zero-order valence-corrected chi connectivity index (χ0v) is 35.1. The molecular weight excluding hydrogens is 728 g/mol.